The highest BCUT2D eigenvalue weighted by Gasteiger charge is 2.37. The van der Waals surface area contributed by atoms with Gasteiger partial charge in [-0.2, -0.15) is 0 Å². The lowest BCUT2D eigenvalue weighted by molar-refractivity contribution is 0.109. The summed E-state index contributed by atoms with van der Waals surface area (Å²) >= 11 is 5.93. The first kappa shape index (κ1) is 13.5. The fourth-order valence-electron chi connectivity index (χ4n) is 3.48. The highest BCUT2D eigenvalue weighted by Crippen LogP contribution is 2.44. The van der Waals surface area contributed by atoms with E-state index in [1.54, 1.807) is 0 Å². The van der Waals surface area contributed by atoms with Crippen LogP contribution in [-0.2, 0) is 0 Å². The van der Waals surface area contributed by atoms with Gasteiger partial charge < -0.3 is 5.32 Å². The molecule has 1 nitrogen and oxygen atoms in total. The molecule has 0 heterocycles. The molecule has 0 amide bonds. The summed E-state index contributed by atoms with van der Waals surface area (Å²) in [6, 6.07) is 9.13. The zero-order valence-corrected chi connectivity index (χ0v) is 12.5. The molecule has 0 aliphatic heterocycles. The van der Waals surface area contributed by atoms with Crippen molar-refractivity contribution in [2.45, 2.75) is 57.4 Å². The lowest BCUT2D eigenvalue weighted by Gasteiger charge is -2.45. The fourth-order valence-corrected chi connectivity index (χ4v) is 3.61. The third kappa shape index (κ3) is 2.83. The van der Waals surface area contributed by atoms with E-state index >= 15 is 0 Å². The van der Waals surface area contributed by atoms with Crippen molar-refractivity contribution < 1.29 is 0 Å². The molecule has 0 saturated heterocycles. The average Bonchev–Trinajstić information content (AvgIpc) is 2.32. The number of nitrogens with one attached hydrogen (secondary N) is 1. The summed E-state index contributed by atoms with van der Waals surface area (Å²) in [5.41, 5.74) is 2.10. The van der Waals surface area contributed by atoms with E-state index in [0.29, 0.717) is 5.41 Å². The van der Waals surface area contributed by atoms with Crippen LogP contribution in [0.5, 0.6) is 0 Å². The lowest BCUT2D eigenvalue weighted by Crippen LogP contribution is -2.47. The van der Waals surface area contributed by atoms with Crippen LogP contribution < -0.4 is 5.32 Å². The van der Waals surface area contributed by atoms with Crippen LogP contribution in [0.25, 0.3) is 0 Å². The van der Waals surface area contributed by atoms with Crippen molar-refractivity contribution in [1.29, 1.82) is 0 Å². The van der Waals surface area contributed by atoms with Gasteiger partial charge in [0.05, 0.1) is 0 Å². The zero-order valence-electron chi connectivity index (χ0n) is 11.8. The minimum atomic E-state index is 0.644. The Hall–Kier alpha value is -0.530. The van der Waals surface area contributed by atoms with Gasteiger partial charge in [0.1, 0.15) is 0 Å². The predicted octanol–water partition coefficient (Wildman–Crippen LogP) is 4.76. The van der Waals surface area contributed by atoms with E-state index in [1.165, 1.54) is 50.6 Å². The molecule has 3 rings (SSSR count). The molecule has 0 bridgehead atoms. The second-order valence-corrected chi connectivity index (χ2v) is 6.94. The van der Waals surface area contributed by atoms with Crippen LogP contribution in [0.15, 0.2) is 24.3 Å². The van der Waals surface area contributed by atoms with Crippen LogP contribution in [0.1, 0.15) is 56.9 Å². The summed E-state index contributed by atoms with van der Waals surface area (Å²) in [6.07, 6.45) is 8.23. The molecule has 2 heteroatoms. The number of benzene rings is 1. The Morgan fingerprint density at radius 3 is 2.42 bits per heavy atom. The number of halogens is 1. The normalized spacial score (nSPS) is 28.5. The standard InChI is InChI=1S/C17H24ClN/c1-2-17(8-3-9-17)12-19-16-10-14(11-16)13-4-6-15(18)7-5-13/h4-7,14,16,19H,2-3,8-12H2,1H3. The first-order valence-electron chi connectivity index (χ1n) is 7.70. The van der Waals surface area contributed by atoms with Crippen molar-refractivity contribution in [3.63, 3.8) is 0 Å². The van der Waals surface area contributed by atoms with Gasteiger partial charge in [-0.3, -0.25) is 0 Å². The lowest BCUT2D eigenvalue weighted by atomic mass is 9.66. The molecule has 0 unspecified atom stereocenters. The van der Waals surface area contributed by atoms with Gasteiger partial charge in [0.15, 0.2) is 0 Å². The average molecular weight is 278 g/mol. The molecular formula is C17H24ClN. The summed E-state index contributed by atoms with van der Waals surface area (Å²) < 4.78 is 0. The van der Waals surface area contributed by atoms with Gasteiger partial charge in [-0.15, -0.1) is 0 Å². The molecule has 2 fully saturated rings. The number of rotatable bonds is 5. The summed E-state index contributed by atoms with van der Waals surface area (Å²) in [4.78, 5) is 0. The molecule has 0 atom stereocenters. The molecule has 0 spiro atoms. The van der Waals surface area contributed by atoms with Gasteiger partial charge in [-0.05, 0) is 61.1 Å². The maximum atomic E-state index is 5.93. The number of hydrogen-bond acceptors (Lipinski definition) is 1. The van der Waals surface area contributed by atoms with Crippen molar-refractivity contribution >= 4 is 11.6 Å². The Labute approximate surface area is 121 Å². The Kier molecular flexibility index (Phi) is 3.86. The molecule has 2 aliphatic rings. The van der Waals surface area contributed by atoms with Gasteiger partial charge in [0, 0.05) is 17.6 Å². The minimum Gasteiger partial charge on any atom is -0.313 e. The largest absolute Gasteiger partial charge is 0.313 e. The van der Waals surface area contributed by atoms with E-state index in [1.807, 2.05) is 12.1 Å². The van der Waals surface area contributed by atoms with Gasteiger partial charge in [0.25, 0.3) is 0 Å². The quantitative estimate of drug-likeness (QED) is 0.818. The molecule has 2 saturated carbocycles. The Balaban J connectivity index is 1.44. The summed E-state index contributed by atoms with van der Waals surface area (Å²) in [5.74, 6) is 0.744. The first-order chi connectivity index (χ1) is 9.21. The van der Waals surface area contributed by atoms with Crippen molar-refractivity contribution in [3.05, 3.63) is 34.9 Å². The molecule has 2 aliphatic carbocycles. The molecule has 0 radical (unpaired) electrons. The first-order valence-corrected chi connectivity index (χ1v) is 8.07. The molecule has 1 N–H and O–H groups in total. The third-order valence-electron chi connectivity index (χ3n) is 5.41. The summed E-state index contributed by atoms with van der Waals surface area (Å²) in [6.45, 7) is 3.58. The highest BCUT2D eigenvalue weighted by molar-refractivity contribution is 6.30. The van der Waals surface area contributed by atoms with E-state index in [4.69, 9.17) is 11.6 Å². The van der Waals surface area contributed by atoms with Crippen molar-refractivity contribution in [2.75, 3.05) is 6.54 Å². The smallest absolute Gasteiger partial charge is 0.0406 e. The Bertz CT molecular complexity index is 410. The summed E-state index contributed by atoms with van der Waals surface area (Å²) in [7, 11) is 0. The van der Waals surface area contributed by atoms with Crippen LogP contribution >= 0.6 is 11.6 Å². The van der Waals surface area contributed by atoms with Crippen molar-refractivity contribution in [1.82, 2.24) is 5.32 Å². The highest BCUT2D eigenvalue weighted by atomic mass is 35.5. The second-order valence-electron chi connectivity index (χ2n) is 6.50. The SMILES string of the molecule is CCC1(CNC2CC(c3ccc(Cl)cc3)C2)CCC1. The molecule has 0 aromatic heterocycles. The van der Waals surface area contributed by atoms with Gasteiger partial charge in [-0.1, -0.05) is 37.1 Å². The van der Waals surface area contributed by atoms with Crippen molar-refractivity contribution in [3.8, 4) is 0 Å². The monoisotopic (exact) mass is 277 g/mol. The van der Waals surface area contributed by atoms with Crippen LogP contribution in [-0.4, -0.2) is 12.6 Å². The van der Waals surface area contributed by atoms with E-state index in [0.717, 1.165) is 17.0 Å². The maximum absolute atomic E-state index is 5.93. The van der Waals surface area contributed by atoms with E-state index in [-0.39, 0.29) is 0 Å². The van der Waals surface area contributed by atoms with Gasteiger partial charge in [-0.25, -0.2) is 0 Å². The summed E-state index contributed by atoms with van der Waals surface area (Å²) in [5, 5.41) is 4.64. The molecule has 19 heavy (non-hydrogen) atoms. The minimum absolute atomic E-state index is 0.644. The molecular weight excluding hydrogens is 254 g/mol. The second kappa shape index (κ2) is 5.46. The van der Waals surface area contributed by atoms with Crippen LogP contribution in [0.3, 0.4) is 0 Å². The van der Waals surface area contributed by atoms with Crippen LogP contribution in [0.4, 0.5) is 0 Å². The topological polar surface area (TPSA) is 12.0 Å². The number of hydrogen-bond donors (Lipinski definition) is 1. The van der Waals surface area contributed by atoms with Crippen molar-refractivity contribution in [2.24, 2.45) is 5.41 Å². The predicted molar refractivity (Wildman–Crippen MR) is 81.8 cm³/mol. The van der Waals surface area contributed by atoms with E-state index in [9.17, 15) is 0 Å². The Morgan fingerprint density at radius 2 is 1.89 bits per heavy atom. The maximum Gasteiger partial charge on any atom is 0.0406 e. The third-order valence-corrected chi connectivity index (χ3v) is 5.66. The molecule has 104 valence electrons. The van der Waals surface area contributed by atoms with Gasteiger partial charge in [0.2, 0.25) is 0 Å². The van der Waals surface area contributed by atoms with Gasteiger partial charge >= 0.3 is 0 Å². The van der Waals surface area contributed by atoms with E-state index in [2.05, 4.69) is 24.4 Å². The molecule has 1 aromatic rings. The van der Waals surface area contributed by atoms with Crippen LogP contribution in [0, 0.1) is 5.41 Å². The molecule has 1 aromatic carbocycles. The van der Waals surface area contributed by atoms with Crippen LogP contribution in [0.2, 0.25) is 5.02 Å². The van der Waals surface area contributed by atoms with E-state index < -0.39 is 0 Å². The Morgan fingerprint density at radius 1 is 1.21 bits per heavy atom. The zero-order chi connectivity index (χ0) is 13.3. The fraction of sp³-hybridized carbons (Fsp3) is 0.647.